The van der Waals surface area contributed by atoms with Gasteiger partial charge in [0.05, 0.1) is 5.60 Å². The van der Waals surface area contributed by atoms with Crippen molar-refractivity contribution < 1.29 is 19.4 Å². The van der Waals surface area contributed by atoms with Gasteiger partial charge in [-0.2, -0.15) is 0 Å². The van der Waals surface area contributed by atoms with Gasteiger partial charge in [-0.3, -0.25) is 10.1 Å². The highest BCUT2D eigenvalue weighted by Crippen LogP contribution is 2.14. The molecule has 0 aliphatic rings. The normalized spacial score (nSPS) is 15.5. The van der Waals surface area contributed by atoms with Crippen LogP contribution in [0.25, 0.3) is 0 Å². The van der Waals surface area contributed by atoms with Crippen LogP contribution < -0.4 is 5.32 Å². The van der Waals surface area contributed by atoms with Crippen molar-refractivity contribution in [2.45, 2.75) is 64.6 Å². The van der Waals surface area contributed by atoms with E-state index in [1.807, 2.05) is 27.7 Å². The van der Waals surface area contributed by atoms with Crippen LogP contribution >= 0.6 is 0 Å². The summed E-state index contributed by atoms with van der Waals surface area (Å²) >= 11 is 0. The van der Waals surface area contributed by atoms with Crippen LogP contribution in [0.3, 0.4) is 0 Å². The Labute approximate surface area is 116 Å². The molecule has 0 saturated carbocycles. The van der Waals surface area contributed by atoms with E-state index in [1.54, 1.807) is 14.0 Å². The minimum atomic E-state index is -0.940. The number of carbonyl (C=O) groups is 1. The number of carboxylic acid groups (broad SMARTS) is 1. The molecule has 0 saturated heterocycles. The summed E-state index contributed by atoms with van der Waals surface area (Å²) in [6.45, 7) is 10.5. The highest BCUT2D eigenvalue weighted by atomic mass is 16.5. The first-order valence-electron chi connectivity index (χ1n) is 6.77. The summed E-state index contributed by atoms with van der Waals surface area (Å²) in [5.74, 6) is -0.845. The number of carboxylic acids is 1. The van der Waals surface area contributed by atoms with E-state index in [4.69, 9.17) is 9.47 Å². The van der Waals surface area contributed by atoms with Gasteiger partial charge in [0.15, 0.2) is 0 Å². The van der Waals surface area contributed by atoms with Gasteiger partial charge in [0.25, 0.3) is 0 Å². The molecule has 2 N–H and O–H groups in total. The molecule has 0 aromatic carbocycles. The van der Waals surface area contributed by atoms with Gasteiger partial charge in [-0.05, 0) is 47.5 Å². The summed E-state index contributed by atoms with van der Waals surface area (Å²) < 4.78 is 10.8. The fourth-order valence-electron chi connectivity index (χ4n) is 1.68. The molecule has 0 aromatic heterocycles. The smallest absolute Gasteiger partial charge is 0.323 e. The largest absolute Gasteiger partial charge is 0.480 e. The molecule has 19 heavy (non-hydrogen) atoms. The first-order chi connectivity index (χ1) is 8.63. The van der Waals surface area contributed by atoms with E-state index < -0.39 is 11.5 Å². The predicted molar refractivity (Wildman–Crippen MR) is 75.5 cm³/mol. The summed E-state index contributed by atoms with van der Waals surface area (Å²) in [6, 6.07) is 0.119. The zero-order valence-electron chi connectivity index (χ0n) is 13.1. The molecule has 1 atom stereocenters. The quantitative estimate of drug-likeness (QED) is 0.597. The van der Waals surface area contributed by atoms with Crippen LogP contribution in [0, 0.1) is 0 Å². The van der Waals surface area contributed by atoms with Crippen molar-refractivity contribution in [2.24, 2.45) is 0 Å². The number of rotatable bonds is 10. The average molecular weight is 275 g/mol. The summed E-state index contributed by atoms with van der Waals surface area (Å²) in [4.78, 5) is 11.3. The van der Waals surface area contributed by atoms with E-state index in [0.29, 0.717) is 19.6 Å². The molecule has 0 aliphatic heterocycles. The molecular weight excluding hydrogens is 246 g/mol. The maximum absolute atomic E-state index is 11.3. The molecule has 0 amide bonds. The third-order valence-electron chi connectivity index (χ3n) is 3.23. The lowest BCUT2D eigenvalue weighted by atomic mass is 9.97. The summed E-state index contributed by atoms with van der Waals surface area (Å²) in [5, 5.41) is 12.3. The standard InChI is InChI=1S/C14H29NO4/c1-11(2)15-14(5,12(16)17)8-10-19-9-7-13(3,4)18-6/h11,15H,7-10H2,1-6H3,(H,16,17). The fourth-order valence-corrected chi connectivity index (χ4v) is 1.68. The molecule has 5 nitrogen and oxygen atoms in total. The molecular formula is C14H29NO4. The number of ether oxygens (including phenoxy) is 2. The molecule has 114 valence electrons. The molecule has 0 heterocycles. The second-order valence-electron chi connectivity index (χ2n) is 6.01. The molecule has 0 aromatic rings. The molecule has 0 radical (unpaired) electrons. The van der Waals surface area contributed by atoms with Crippen molar-refractivity contribution >= 4 is 5.97 Å². The second kappa shape index (κ2) is 7.82. The van der Waals surface area contributed by atoms with Crippen molar-refractivity contribution in [2.75, 3.05) is 20.3 Å². The third kappa shape index (κ3) is 7.50. The van der Waals surface area contributed by atoms with Crippen LogP contribution in [-0.4, -0.2) is 48.6 Å². The summed E-state index contributed by atoms with van der Waals surface area (Å²) in [5.41, 5.74) is -1.14. The Balaban J connectivity index is 4.05. The van der Waals surface area contributed by atoms with Gasteiger partial charge >= 0.3 is 5.97 Å². The van der Waals surface area contributed by atoms with E-state index in [0.717, 1.165) is 6.42 Å². The van der Waals surface area contributed by atoms with Crippen LogP contribution in [0.2, 0.25) is 0 Å². The average Bonchev–Trinajstić information content (AvgIpc) is 2.27. The molecule has 0 spiro atoms. The molecule has 0 fully saturated rings. The third-order valence-corrected chi connectivity index (χ3v) is 3.23. The Morgan fingerprint density at radius 1 is 1.21 bits per heavy atom. The first kappa shape index (κ1) is 18.4. The second-order valence-corrected chi connectivity index (χ2v) is 6.01. The summed E-state index contributed by atoms with van der Waals surface area (Å²) in [7, 11) is 1.67. The van der Waals surface area contributed by atoms with Gasteiger partial charge in [-0.1, -0.05) is 0 Å². The minimum Gasteiger partial charge on any atom is -0.480 e. The van der Waals surface area contributed by atoms with Crippen LogP contribution in [0.15, 0.2) is 0 Å². The van der Waals surface area contributed by atoms with Gasteiger partial charge in [0.1, 0.15) is 5.54 Å². The van der Waals surface area contributed by atoms with Gasteiger partial charge in [-0.25, -0.2) is 0 Å². The molecule has 5 heteroatoms. The lowest BCUT2D eigenvalue weighted by Crippen LogP contribution is -2.53. The highest BCUT2D eigenvalue weighted by molar-refractivity contribution is 5.78. The Hall–Kier alpha value is -0.650. The van der Waals surface area contributed by atoms with Crippen molar-refractivity contribution in [1.82, 2.24) is 5.32 Å². The first-order valence-corrected chi connectivity index (χ1v) is 6.77. The van der Waals surface area contributed by atoms with E-state index in [2.05, 4.69) is 5.32 Å². The van der Waals surface area contributed by atoms with Gasteiger partial charge in [-0.15, -0.1) is 0 Å². The van der Waals surface area contributed by atoms with Crippen LogP contribution in [0.1, 0.15) is 47.5 Å². The highest BCUT2D eigenvalue weighted by Gasteiger charge is 2.33. The predicted octanol–water partition coefficient (Wildman–Crippen LogP) is 2.05. The van der Waals surface area contributed by atoms with E-state index in [-0.39, 0.29) is 11.6 Å². The molecule has 0 rings (SSSR count). The number of hydrogen-bond donors (Lipinski definition) is 2. The number of methoxy groups -OCH3 is 1. The number of nitrogens with one attached hydrogen (secondary N) is 1. The zero-order chi connectivity index (χ0) is 15.1. The minimum absolute atomic E-state index is 0.119. The number of hydrogen-bond acceptors (Lipinski definition) is 4. The maximum Gasteiger partial charge on any atom is 0.323 e. The molecule has 1 unspecified atom stereocenters. The van der Waals surface area contributed by atoms with E-state index in [1.165, 1.54) is 0 Å². The van der Waals surface area contributed by atoms with Crippen molar-refractivity contribution in [3.05, 3.63) is 0 Å². The van der Waals surface area contributed by atoms with Crippen LogP contribution in [-0.2, 0) is 14.3 Å². The Morgan fingerprint density at radius 3 is 2.16 bits per heavy atom. The monoisotopic (exact) mass is 275 g/mol. The van der Waals surface area contributed by atoms with E-state index >= 15 is 0 Å². The fraction of sp³-hybridized carbons (Fsp3) is 0.929. The van der Waals surface area contributed by atoms with Gasteiger partial charge in [0.2, 0.25) is 0 Å². The topological polar surface area (TPSA) is 67.8 Å². The Morgan fingerprint density at radius 2 is 1.74 bits per heavy atom. The van der Waals surface area contributed by atoms with Gasteiger partial charge in [0, 0.05) is 26.4 Å². The van der Waals surface area contributed by atoms with Gasteiger partial charge < -0.3 is 14.6 Å². The lowest BCUT2D eigenvalue weighted by molar-refractivity contribution is -0.145. The zero-order valence-corrected chi connectivity index (χ0v) is 13.1. The lowest BCUT2D eigenvalue weighted by Gasteiger charge is -2.29. The summed E-state index contributed by atoms with van der Waals surface area (Å²) in [6.07, 6.45) is 1.22. The Kier molecular flexibility index (Phi) is 7.55. The van der Waals surface area contributed by atoms with Crippen molar-refractivity contribution in [1.29, 1.82) is 0 Å². The Bertz CT molecular complexity index is 279. The number of aliphatic carboxylic acids is 1. The SMILES string of the molecule is COC(C)(C)CCOCCC(C)(NC(C)C)C(=O)O. The van der Waals surface area contributed by atoms with Crippen molar-refractivity contribution in [3.63, 3.8) is 0 Å². The molecule has 0 aliphatic carbocycles. The maximum atomic E-state index is 11.3. The molecule has 0 bridgehead atoms. The van der Waals surface area contributed by atoms with Crippen LogP contribution in [0.5, 0.6) is 0 Å². The van der Waals surface area contributed by atoms with Crippen molar-refractivity contribution in [3.8, 4) is 0 Å². The van der Waals surface area contributed by atoms with E-state index in [9.17, 15) is 9.90 Å². The van der Waals surface area contributed by atoms with Crippen LogP contribution in [0.4, 0.5) is 0 Å².